The Balaban J connectivity index is 1.83. The summed E-state index contributed by atoms with van der Waals surface area (Å²) in [5, 5.41) is 1.17. The van der Waals surface area contributed by atoms with Crippen LogP contribution in [0.1, 0.15) is 52.2 Å². The monoisotopic (exact) mass is 477 g/mol. The first kappa shape index (κ1) is 26.3. The molecule has 0 unspecified atom stereocenters. The minimum absolute atomic E-state index is 0.00900. The highest BCUT2D eigenvalue weighted by Crippen LogP contribution is 2.23. The molecule has 6 nitrogen and oxygen atoms in total. The van der Waals surface area contributed by atoms with Crippen LogP contribution in [0.4, 0.5) is 0 Å². The van der Waals surface area contributed by atoms with Gasteiger partial charge in [0.15, 0.2) is 0 Å². The van der Waals surface area contributed by atoms with Crippen molar-refractivity contribution in [1.29, 1.82) is 0 Å². The van der Waals surface area contributed by atoms with Gasteiger partial charge in [-0.1, -0.05) is 57.2 Å². The largest absolute Gasteiger partial charge is 0.496 e. The van der Waals surface area contributed by atoms with Gasteiger partial charge >= 0.3 is 0 Å². The number of nitrogens with zero attached hydrogens (tertiary/aromatic N) is 2. The molecule has 0 aliphatic carbocycles. The number of amides is 2. The Morgan fingerprint density at radius 3 is 2.34 bits per heavy atom. The standard InChI is InChI=1S/C29H39N3O3/c1-21(2)32(27(33)17-29(3,4)5)20-28(34)31(19-23-11-7-10-14-26(23)35-6)16-15-22-18-30-25-13-9-8-12-24(22)25/h7-14,18,21,30H,15-17,19-20H2,1-6H3. The lowest BCUT2D eigenvalue weighted by Gasteiger charge is -2.32. The van der Waals surface area contributed by atoms with E-state index in [4.69, 9.17) is 4.74 Å². The Kier molecular flexibility index (Phi) is 8.60. The highest BCUT2D eigenvalue weighted by molar-refractivity contribution is 5.86. The number of para-hydroxylation sites is 2. The lowest BCUT2D eigenvalue weighted by Crippen LogP contribution is -2.46. The fraction of sp³-hybridized carbons (Fsp3) is 0.448. The van der Waals surface area contributed by atoms with Crippen LogP contribution in [0, 0.1) is 5.41 Å². The van der Waals surface area contributed by atoms with Gasteiger partial charge in [0.1, 0.15) is 5.75 Å². The van der Waals surface area contributed by atoms with Gasteiger partial charge < -0.3 is 19.5 Å². The van der Waals surface area contributed by atoms with Gasteiger partial charge in [0.2, 0.25) is 11.8 Å². The maximum atomic E-state index is 13.6. The Hall–Kier alpha value is -3.28. The minimum atomic E-state index is -0.139. The molecule has 0 bridgehead atoms. The number of carbonyl (C=O) groups is 2. The lowest BCUT2D eigenvalue weighted by molar-refractivity contribution is -0.143. The van der Waals surface area contributed by atoms with Crippen LogP contribution >= 0.6 is 0 Å². The van der Waals surface area contributed by atoms with Gasteiger partial charge in [0.05, 0.1) is 13.7 Å². The third-order valence-corrected chi connectivity index (χ3v) is 6.16. The van der Waals surface area contributed by atoms with Gasteiger partial charge in [-0.3, -0.25) is 9.59 Å². The average molecular weight is 478 g/mol. The normalized spacial score (nSPS) is 11.6. The number of ether oxygens (including phenoxy) is 1. The highest BCUT2D eigenvalue weighted by Gasteiger charge is 2.27. The first-order valence-electron chi connectivity index (χ1n) is 12.3. The number of benzene rings is 2. The van der Waals surface area contributed by atoms with E-state index >= 15 is 0 Å². The molecule has 0 atom stereocenters. The second-order valence-electron chi connectivity index (χ2n) is 10.6. The summed E-state index contributed by atoms with van der Waals surface area (Å²) in [7, 11) is 1.64. The van der Waals surface area contributed by atoms with Gasteiger partial charge in [0.25, 0.3) is 0 Å². The Labute approximate surface area is 209 Å². The molecule has 2 amide bonds. The van der Waals surface area contributed by atoms with Gasteiger partial charge in [0, 0.05) is 48.2 Å². The third-order valence-electron chi connectivity index (χ3n) is 6.16. The van der Waals surface area contributed by atoms with E-state index in [1.54, 1.807) is 12.0 Å². The predicted octanol–water partition coefficient (Wildman–Crippen LogP) is 5.42. The molecule has 3 rings (SSSR count). The summed E-state index contributed by atoms with van der Waals surface area (Å²) in [6, 6.07) is 15.9. The molecule has 188 valence electrons. The molecule has 0 radical (unpaired) electrons. The van der Waals surface area contributed by atoms with Crippen LogP contribution in [0.5, 0.6) is 5.75 Å². The number of carbonyl (C=O) groups excluding carboxylic acids is 2. The van der Waals surface area contributed by atoms with Crippen molar-refractivity contribution in [2.45, 2.75) is 60.0 Å². The van der Waals surface area contributed by atoms with Gasteiger partial charge in [-0.15, -0.1) is 0 Å². The molecule has 0 spiro atoms. The van der Waals surface area contributed by atoms with Crippen molar-refractivity contribution in [3.63, 3.8) is 0 Å². The first-order valence-corrected chi connectivity index (χ1v) is 12.3. The summed E-state index contributed by atoms with van der Waals surface area (Å²) in [6.07, 6.45) is 3.13. The SMILES string of the molecule is COc1ccccc1CN(CCc1c[nH]c2ccccc12)C(=O)CN(C(=O)CC(C)(C)C)C(C)C. The summed E-state index contributed by atoms with van der Waals surface area (Å²) in [6.45, 7) is 11.1. The number of fused-ring (bicyclic) bond motifs is 1. The molecule has 1 N–H and O–H groups in total. The lowest BCUT2D eigenvalue weighted by atomic mass is 9.91. The number of aromatic nitrogens is 1. The second kappa shape index (κ2) is 11.4. The van der Waals surface area contributed by atoms with Crippen LogP contribution in [0.15, 0.2) is 54.7 Å². The zero-order valence-corrected chi connectivity index (χ0v) is 21.9. The number of methoxy groups -OCH3 is 1. The number of aromatic amines is 1. The molecule has 1 aromatic heterocycles. The van der Waals surface area contributed by atoms with Gasteiger partial charge in [-0.05, 0) is 43.4 Å². The number of hydrogen-bond donors (Lipinski definition) is 1. The fourth-order valence-electron chi connectivity index (χ4n) is 4.28. The summed E-state index contributed by atoms with van der Waals surface area (Å²) in [5.41, 5.74) is 3.06. The molecule has 0 fully saturated rings. The van der Waals surface area contributed by atoms with Crippen LogP contribution < -0.4 is 4.74 Å². The third kappa shape index (κ3) is 7.10. The van der Waals surface area contributed by atoms with Crippen LogP contribution in [0.25, 0.3) is 10.9 Å². The smallest absolute Gasteiger partial charge is 0.242 e. The van der Waals surface area contributed by atoms with E-state index in [1.165, 1.54) is 10.9 Å². The number of nitrogens with one attached hydrogen (secondary N) is 1. The molecule has 0 aliphatic heterocycles. The molecular formula is C29H39N3O3. The molecule has 0 saturated carbocycles. The van der Waals surface area contributed by atoms with Crippen molar-refractivity contribution in [3.05, 3.63) is 65.9 Å². The Bertz CT molecular complexity index is 1140. The van der Waals surface area contributed by atoms with Crippen LogP contribution in [-0.2, 0) is 22.6 Å². The average Bonchev–Trinajstić information content (AvgIpc) is 3.22. The van der Waals surface area contributed by atoms with E-state index in [-0.39, 0.29) is 29.8 Å². The quantitative estimate of drug-likeness (QED) is 0.424. The van der Waals surface area contributed by atoms with Crippen LogP contribution in [0.3, 0.4) is 0 Å². The van der Waals surface area contributed by atoms with Crippen molar-refractivity contribution < 1.29 is 14.3 Å². The van der Waals surface area contributed by atoms with E-state index in [2.05, 4.69) is 17.1 Å². The van der Waals surface area contributed by atoms with Crippen molar-refractivity contribution in [2.75, 3.05) is 20.2 Å². The predicted molar refractivity (Wildman–Crippen MR) is 141 cm³/mol. The molecule has 0 aliphatic rings. The van der Waals surface area contributed by atoms with Gasteiger partial charge in [-0.2, -0.15) is 0 Å². The Morgan fingerprint density at radius 2 is 1.66 bits per heavy atom. The van der Waals surface area contributed by atoms with Crippen LogP contribution in [-0.4, -0.2) is 52.8 Å². The maximum Gasteiger partial charge on any atom is 0.242 e. The second-order valence-corrected chi connectivity index (χ2v) is 10.6. The molecular weight excluding hydrogens is 438 g/mol. The van der Waals surface area contributed by atoms with Crippen molar-refractivity contribution >= 4 is 22.7 Å². The zero-order chi connectivity index (χ0) is 25.6. The molecule has 6 heteroatoms. The van der Waals surface area contributed by atoms with Crippen molar-refractivity contribution in [1.82, 2.24) is 14.8 Å². The van der Waals surface area contributed by atoms with Crippen molar-refractivity contribution in [2.24, 2.45) is 5.41 Å². The van der Waals surface area contributed by atoms with Gasteiger partial charge in [-0.25, -0.2) is 0 Å². The summed E-state index contributed by atoms with van der Waals surface area (Å²) in [4.78, 5) is 33.5. The van der Waals surface area contributed by atoms with Crippen LogP contribution in [0.2, 0.25) is 0 Å². The maximum absolute atomic E-state index is 13.6. The van der Waals surface area contributed by atoms with E-state index in [0.717, 1.165) is 16.8 Å². The first-order chi connectivity index (χ1) is 16.6. The summed E-state index contributed by atoms with van der Waals surface area (Å²) < 4.78 is 5.54. The number of rotatable bonds is 10. The molecule has 1 heterocycles. The molecule has 35 heavy (non-hydrogen) atoms. The minimum Gasteiger partial charge on any atom is -0.496 e. The molecule has 3 aromatic rings. The Morgan fingerprint density at radius 1 is 0.971 bits per heavy atom. The van der Waals surface area contributed by atoms with Crippen molar-refractivity contribution in [3.8, 4) is 5.75 Å². The van der Waals surface area contributed by atoms with E-state index < -0.39 is 0 Å². The zero-order valence-electron chi connectivity index (χ0n) is 21.9. The molecule has 2 aromatic carbocycles. The fourth-order valence-corrected chi connectivity index (χ4v) is 4.28. The highest BCUT2D eigenvalue weighted by atomic mass is 16.5. The molecule has 0 saturated heterocycles. The number of H-pyrrole nitrogens is 1. The topological polar surface area (TPSA) is 65.6 Å². The van der Waals surface area contributed by atoms with E-state index in [1.807, 2.05) is 82.1 Å². The summed E-state index contributed by atoms with van der Waals surface area (Å²) >= 11 is 0. The van der Waals surface area contributed by atoms with E-state index in [0.29, 0.717) is 25.9 Å². The van der Waals surface area contributed by atoms with E-state index in [9.17, 15) is 9.59 Å². The summed E-state index contributed by atoms with van der Waals surface area (Å²) in [5.74, 6) is 0.698. The number of hydrogen-bond acceptors (Lipinski definition) is 3.